The Hall–Kier alpha value is -0.410. The van der Waals surface area contributed by atoms with Gasteiger partial charge in [-0.3, -0.25) is 0 Å². The fourth-order valence-corrected chi connectivity index (χ4v) is 1.58. The fourth-order valence-electron chi connectivity index (χ4n) is 1.40. The van der Waals surface area contributed by atoms with Crippen molar-refractivity contribution in [3.05, 3.63) is 48.0 Å². The first-order chi connectivity index (χ1) is 6.29. The Kier molecular flexibility index (Phi) is 4.08. The van der Waals surface area contributed by atoms with E-state index in [-0.39, 0.29) is 34.6 Å². The van der Waals surface area contributed by atoms with E-state index < -0.39 is 0 Å². The van der Waals surface area contributed by atoms with E-state index in [4.69, 9.17) is 0 Å². The number of hydrogen-bond donors (Lipinski definition) is 0. The Labute approximate surface area is 110 Å². The van der Waals surface area contributed by atoms with Gasteiger partial charge in [-0.25, -0.2) is 0 Å². The van der Waals surface area contributed by atoms with Crippen LogP contribution in [0, 0.1) is 0 Å². The van der Waals surface area contributed by atoms with Crippen LogP contribution >= 0.6 is 12.2 Å². The summed E-state index contributed by atoms with van der Waals surface area (Å²) in [5.41, 5.74) is 0.619. The predicted molar refractivity (Wildman–Crippen MR) is 55.6 cm³/mol. The molecule has 0 aromatic heterocycles. The van der Waals surface area contributed by atoms with Crippen LogP contribution in [-0.2, 0) is 0 Å². The van der Waals surface area contributed by atoms with Crippen LogP contribution in [0.4, 0.5) is 0 Å². The second-order valence-corrected chi connectivity index (χ2v) is 3.18. The molecule has 0 radical (unpaired) electrons. The van der Waals surface area contributed by atoms with Gasteiger partial charge in [0.05, 0.1) is 0 Å². The van der Waals surface area contributed by atoms with Crippen LogP contribution in [0.2, 0.25) is 0 Å². The summed E-state index contributed by atoms with van der Waals surface area (Å²) in [5, 5.41) is 12.8. The first kappa shape index (κ1) is 11.7. The summed E-state index contributed by atoms with van der Waals surface area (Å²) in [4.78, 5) is 0. The Bertz CT molecular complexity index is 462. The molecule has 0 spiro atoms. The minimum Gasteiger partial charge on any atom is -0.864 e. The van der Waals surface area contributed by atoms with Crippen LogP contribution in [0.5, 0.6) is 0 Å². The van der Waals surface area contributed by atoms with Crippen molar-refractivity contribution in [1.82, 2.24) is 0 Å². The zero-order valence-corrected chi connectivity index (χ0v) is 10.7. The summed E-state index contributed by atoms with van der Waals surface area (Å²) < 4.78 is 0. The van der Waals surface area contributed by atoms with Crippen molar-refractivity contribution < 1.29 is 34.7 Å². The van der Waals surface area contributed by atoms with Crippen molar-refractivity contribution >= 4 is 28.0 Å². The van der Waals surface area contributed by atoms with Gasteiger partial charge in [0.25, 0.3) is 0 Å². The van der Waals surface area contributed by atoms with E-state index in [1.807, 2.05) is 36.4 Å². The maximum Gasteiger partial charge on any atom is 1.00 e. The fraction of sp³-hybridized carbons (Fsp3) is 0. The van der Waals surface area contributed by atoms with E-state index in [9.17, 15) is 5.11 Å². The van der Waals surface area contributed by atoms with Gasteiger partial charge in [0.2, 0.25) is 0 Å². The van der Waals surface area contributed by atoms with E-state index in [0.29, 0.717) is 5.56 Å². The van der Waals surface area contributed by atoms with E-state index in [0.717, 1.165) is 10.8 Å². The minimum absolute atomic E-state index is 0. The Morgan fingerprint density at radius 1 is 1.00 bits per heavy atom. The minimum atomic E-state index is -0.295. The molecule has 0 atom stereocenters. The van der Waals surface area contributed by atoms with Gasteiger partial charge in [-0.05, 0) is 21.4 Å². The largest absolute Gasteiger partial charge is 1.00 e. The number of fused-ring (bicyclic) bond motifs is 1. The summed E-state index contributed by atoms with van der Waals surface area (Å²) in [6.45, 7) is 0. The molecule has 0 saturated heterocycles. The molecule has 2 rings (SSSR count). The van der Waals surface area contributed by atoms with E-state index in [1.54, 1.807) is 6.07 Å². The average molecular weight is 210 g/mol. The van der Waals surface area contributed by atoms with Gasteiger partial charge < -0.3 is 5.11 Å². The Balaban J connectivity index is 0.000000980. The SMILES string of the molecule is [Na+].[O-]C(=S)c1cccc2ccccc12. The molecule has 3 heteroatoms. The van der Waals surface area contributed by atoms with Crippen molar-refractivity contribution in [2.45, 2.75) is 0 Å². The maximum atomic E-state index is 11.1. The molecular weight excluding hydrogens is 203 g/mol. The second-order valence-electron chi connectivity index (χ2n) is 2.81. The number of hydrogen-bond acceptors (Lipinski definition) is 2. The van der Waals surface area contributed by atoms with Crippen molar-refractivity contribution in [2.75, 3.05) is 0 Å². The van der Waals surface area contributed by atoms with Gasteiger partial charge in [0, 0.05) is 0 Å². The third-order valence-corrected chi connectivity index (χ3v) is 2.23. The molecule has 2 aromatic rings. The van der Waals surface area contributed by atoms with E-state index in [1.165, 1.54) is 0 Å². The molecule has 0 bridgehead atoms. The molecule has 0 heterocycles. The molecular formula is C11H7NaOS. The smallest absolute Gasteiger partial charge is 0.864 e. The van der Waals surface area contributed by atoms with Gasteiger partial charge >= 0.3 is 29.6 Å². The van der Waals surface area contributed by atoms with Crippen LogP contribution in [0.15, 0.2) is 42.5 Å². The summed E-state index contributed by atoms with van der Waals surface area (Å²) in [6.07, 6.45) is 0. The monoisotopic (exact) mass is 210 g/mol. The van der Waals surface area contributed by atoms with E-state index >= 15 is 0 Å². The van der Waals surface area contributed by atoms with Crippen LogP contribution in [0.25, 0.3) is 10.8 Å². The zero-order valence-electron chi connectivity index (χ0n) is 7.86. The molecule has 1 nitrogen and oxygen atoms in total. The van der Waals surface area contributed by atoms with Crippen LogP contribution in [0.1, 0.15) is 5.56 Å². The standard InChI is InChI=1S/C11H8OS.Na/c12-11(13)10-7-3-5-8-4-1-2-6-9(8)10;/h1-7H,(H,12,13);/q;+1/p-1. The van der Waals surface area contributed by atoms with Crippen molar-refractivity contribution in [3.63, 3.8) is 0 Å². The third kappa shape index (κ3) is 2.15. The molecule has 0 N–H and O–H groups in total. The second kappa shape index (κ2) is 4.89. The molecule has 0 fully saturated rings. The van der Waals surface area contributed by atoms with Crippen molar-refractivity contribution in [1.29, 1.82) is 0 Å². The molecule has 0 aliphatic rings. The molecule has 0 saturated carbocycles. The molecule has 64 valence electrons. The van der Waals surface area contributed by atoms with Gasteiger partial charge in [-0.2, -0.15) is 0 Å². The maximum absolute atomic E-state index is 11.1. The number of thiocarbonyl (C=S) groups is 1. The van der Waals surface area contributed by atoms with Crippen molar-refractivity contribution in [3.8, 4) is 0 Å². The van der Waals surface area contributed by atoms with Gasteiger partial charge in [0.1, 0.15) is 0 Å². The molecule has 0 unspecified atom stereocenters. The summed E-state index contributed by atoms with van der Waals surface area (Å²) in [7, 11) is 0. The summed E-state index contributed by atoms with van der Waals surface area (Å²) in [5.74, 6) is 0. The van der Waals surface area contributed by atoms with Gasteiger partial charge in [-0.15, -0.1) is 0 Å². The molecule has 14 heavy (non-hydrogen) atoms. The molecule has 0 aliphatic heterocycles. The topological polar surface area (TPSA) is 23.1 Å². The van der Waals surface area contributed by atoms with Crippen LogP contribution < -0.4 is 34.7 Å². The first-order valence-electron chi connectivity index (χ1n) is 3.98. The van der Waals surface area contributed by atoms with Crippen LogP contribution in [0.3, 0.4) is 0 Å². The van der Waals surface area contributed by atoms with Crippen molar-refractivity contribution in [2.24, 2.45) is 0 Å². The Morgan fingerprint density at radius 2 is 1.64 bits per heavy atom. The Morgan fingerprint density at radius 3 is 2.36 bits per heavy atom. The predicted octanol–water partition coefficient (Wildman–Crippen LogP) is -1.12. The molecule has 2 aromatic carbocycles. The van der Waals surface area contributed by atoms with Gasteiger partial charge in [-0.1, -0.05) is 54.7 Å². The zero-order chi connectivity index (χ0) is 9.26. The average Bonchev–Trinajstić information content (AvgIpc) is 2.17. The number of rotatable bonds is 1. The van der Waals surface area contributed by atoms with Gasteiger partial charge in [0.15, 0.2) is 0 Å². The first-order valence-corrected chi connectivity index (χ1v) is 4.39. The van der Waals surface area contributed by atoms with Crippen LogP contribution in [-0.4, -0.2) is 5.05 Å². The normalized spacial score (nSPS) is 9.43. The molecule has 0 amide bonds. The summed E-state index contributed by atoms with van der Waals surface area (Å²) in [6, 6.07) is 13.3. The number of benzene rings is 2. The third-order valence-electron chi connectivity index (χ3n) is 2.01. The summed E-state index contributed by atoms with van der Waals surface area (Å²) >= 11 is 4.63. The quantitative estimate of drug-likeness (QED) is 0.439. The van der Waals surface area contributed by atoms with E-state index in [2.05, 4.69) is 12.2 Å². The molecule has 0 aliphatic carbocycles.